The topological polar surface area (TPSA) is 93.1 Å². The summed E-state index contributed by atoms with van der Waals surface area (Å²) < 4.78 is 29.0. The van der Waals surface area contributed by atoms with Gasteiger partial charge in [-0.05, 0) is 43.3 Å². The first-order valence-electron chi connectivity index (χ1n) is 8.04. The Hall–Kier alpha value is -2.84. The third-order valence-corrected chi connectivity index (χ3v) is 5.69. The second-order valence-corrected chi connectivity index (χ2v) is 7.83. The molecular formula is C18H17ClN4O3S. The number of benzene rings is 2. The van der Waals surface area contributed by atoms with E-state index in [9.17, 15) is 13.2 Å². The lowest BCUT2D eigenvalue weighted by atomic mass is 10.2. The zero-order valence-corrected chi connectivity index (χ0v) is 15.9. The largest absolute Gasteiger partial charge is 0.324 e. The Balaban J connectivity index is 1.76. The van der Waals surface area contributed by atoms with Crippen LogP contribution in [0.3, 0.4) is 0 Å². The lowest BCUT2D eigenvalue weighted by Gasteiger charge is -2.14. The number of hydrogen-bond donors (Lipinski definition) is 2. The van der Waals surface area contributed by atoms with E-state index in [2.05, 4.69) is 15.1 Å². The minimum atomic E-state index is -3.85. The van der Waals surface area contributed by atoms with E-state index in [1.165, 1.54) is 22.9 Å². The molecule has 1 atom stereocenters. The summed E-state index contributed by atoms with van der Waals surface area (Å²) in [6.07, 6.45) is 3.28. The standard InChI is InChI=1S/C18H17ClN4O3S/c1-13(23-11-5-10-20-23)18(24)21-14-6-4-7-15(12-14)22-27(25,26)17-9-3-2-8-16(17)19/h2-13,22H,1H3,(H,21,24)/t13-/m1/s1. The van der Waals surface area contributed by atoms with Gasteiger partial charge in [0.25, 0.3) is 10.0 Å². The van der Waals surface area contributed by atoms with Crippen LogP contribution in [0.15, 0.2) is 71.9 Å². The van der Waals surface area contributed by atoms with Crippen molar-refractivity contribution in [3.8, 4) is 0 Å². The summed E-state index contributed by atoms with van der Waals surface area (Å²) in [6.45, 7) is 1.71. The Labute approximate surface area is 162 Å². The quantitative estimate of drug-likeness (QED) is 0.657. The molecule has 0 aliphatic heterocycles. The third kappa shape index (κ3) is 4.47. The number of aromatic nitrogens is 2. The first kappa shape index (κ1) is 18.9. The Morgan fingerprint density at radius 2 is 1.85 bits per heavy atom. The van der Waals surface area contributed by atoms with Crippen LogP contribution in [-0.4, -0.2) is 24.1 Å². The van der Waals surface area contributed by atoms with Crippen LogP contribution in [0.1, 0.15) is 13.0 Å². The number of carbonyl (C=O) groups excluding carboxylic acids is 1. The fourth-order valence-corrected chi connectivity index (χ4v) is 3.98. The minimum Gasteiger partial charge on any atom is -0.324 e. The van der Waals surface area contributed by atoms with Crippen molar-refractivity contribution in [1.82, 2.24) is 9.78 Å². The van der Waals surface area contributed by atoms with Gasteiger partial charge in [-0.2, -0.15) is 5.10 Å². The SMILES string of the molecule is C[C@H](C(=O)Nc1cccc(NS(=O)(=O)c2ccccc2Cl)c1)n1cccn1. The van der Waals surface area contributed by atoms with Gasteiger partial charge in [0.2, 0.25) is 5.91 Å². The van der Waals surface area contributed by atoms with Crippen LogP contribution in [0, 0.1) is 0 Å². The molecule has 2 aromatic carbocycles. The molecule has 2 N–H and O–H groups in total. The van der Waals surface area contributed by atoms with E-state index >= 15 is 0 Å². The number of amides is 1. The number of hydrogen-bond acceptors (Lipinski definition) is 4. The van der Waals surface area contributed by atoms with E-state index in [4.69, 9.17) is 11.6 Å². The molecular weight excluding hydrogens is 388 g/mol. The van der Waals surface area contributed by atoms with Gasteiger partial charge in [0, 0.05) is 18.1 Å². The second kappa shape index (κ2) is 7.81. The fraction of sp³-hybridized carbons (Fsp3) is 0.111. The first-order valence-corrected chi connectivity index (χ1v) is 9.90. The van der Waals surface area contributed by atoms with Crippen LogP contribution in [0.25, 0.3) is 0 Å². The molecule has 0 spiro atoms. The van der Waals surface area contributed by atoms with Gasteiger partial charge >= 0.3 is 0 Å². The van der Waals surface area contributed by atoms with Gasteiger partial charge < -0.3 is 5.32 Å². The zero-order valence-electron chi connectivity index (χ0n) is 14.3. The average Bonchev–Trinajstić information content (AvgIpc) is 3.15. The molecule has 0 aliphatic carbocycles. The Bertz CT molecular complexity index is 1050. The molecule has 0 saturated carbocycles. The fourth-order valence-electron chi connectivity index (χ4n) is 2.41. The van der Waals surface area contributed by atoms with Gasteiger partial charge in [0.15, 0.2) is 0 Å². The van der Waals surface area contributed by atoms with Gasteiger partial charge in [-0.25, -0.2) is 8.42 Å². The molecule has 0 radical (unpaired) electrons. The smallest absolute Gasteiger partial charge is 0.263 e. The van der Waals surface area contributed by atoms with E-state index in [-0.39, 0.29) is 15.8 Å². The van der Waals surface area contributed by atoms with Gasteiger partial charge in [-0.3, -0.25) is 14.2 Å². The lowest BCUT2D eigenvalue weighted by Crippen LogP contribution is -2.24. The van der Waals surface area contributed by atoms with Crippen LogP contribution in [0.4, 0.5) is 11.4 Å². The Kier molecular flexibility index (Phi) is 5.48. The highest BCUT2D eigenvalue weighted by molar-refractivity contribution is 7.92. The van der Waals surface area contributed by atoms with Gasteiger partial charge in [0.1, 0.15) is 10.9 Å². The van der Waals surface area contributed by atoms with E-state index in [1.54, 1.807) is 55.7 Å². The molecule has 27 heavy (non-hydrogen) atoms. The maximum Gasteiger partial charge on any atom is 0.263 e. The third-order valence-electron chi connectivity index (χ3n) is 3.81. The predicted molar refractivity (Wildman–Crippen MR) is 104 cm³/mol. The van der Waals surface area contributed by atoms with Crippen molar-refractivity contribution in [1.29, 1.82) is 0 Å². The summed E-state index contributed by atoms with van der Waals surface area (Å²) >= 11 is 5.97. The minimum absolute atomic E-state index is 0.0200. The second-order valence-electron chi connectivity index (χ2n) is 5.77. The summed E-state index contributed by atoms with van der Waals surface area (Å²) in [7, 11) is -3.85. The molecule has 1 amide bonds. The molecule has 3 aromatic rings. The molecule has 0 saturated heterocycles. The van der Waals surface area contributed by atoms with E-state index < -0.39 is 16.1 Å². The lowest BCUT2D eigenvalue weighted by molar-refractivity contribution is -0.119. The number of carbonyl (C=O) groups is 1. The van der Waals surface area contributed by atoms with Crippen molar-refractivity contribution < 1.29 is 13.2 Å². The summed E-state index contributed by atoms with van der Waals surface area (Å²) in [5.41, 5.74) is 0.762. The monoisotopic (exact) mass is 404 g/mol. The first-order chi connectivity index (χ1) is 12.9. The van der Waals surface area contributed by atoms with Crippen molar-refractivity contribution >= 4 is 38.9 Å². The maximum atomic E-state index is 12.5. The van der Waals surface area contributed by atoms with Crippen LogP contribution >= 0.6 is 11.6 Å². The van der Waals surface area contributed by atoms with Crippen molar-refractivity contribution in [2.24, 2.45) is 0 Å². The average molecular weight is 405 g/mol. The summed E-state index contributed by atoms with van der Waals surface area (Å²) in [4.78, 5) is 12.3. The summed E-state index contributed by atoms with van der Waals surface area (Å²) in [5, 5.41) is 6.91. The van der Waals surface area contributed by atoms with Crippen molar-refractivity contribution in [3.05, 3.63) is 72.0 Å². The van der Waals surface area contributed by atoms with Crippen molar-refractivity contribution in [2.45, 2.75) is 17.9 Å². The van der Waals surface area contributed by atoms with Crippen molar-refractivity contribution in [3.63, 3.8) is 0 Å². The molecule has 1 heterocycles. The highest BCUT2D eigenvalue weighted by Crippen LogP contribution is 2.24. The zero-order chi connectivity index (χ0) is 19.4. The van der Waals surface area contributed by atoms with Gasteiger partial charge in [-0.15, -0.1) is 0 Å². The Morgan fingerprint density at radius 1 is 1.11 bits per heavy atom. The van der Waals surface area contributed by atoms with E-state index in [1.807, 2.05) is 0 Å². The van der Waals surface area contributed by atoms with Crippen LogP contribution in [0.5, 0.6) is 0 Å². The number of nitrogens with one attached hydrogen (secondary N) is 2. The molecule has 0 fully saturated rings. The number of nitrogens with zero attached hydrogens (tertiary/aromatic N) is 2. The number of rotatable bonds is 6. The van der Waals surface area contributed by atoms with E-state index in [0.29, 0.717) is 11.4 Å². The summed E-state index contributed by atoms with van der Waals surface area (Å²) in [6, 6.07) is 13.8. The van der Waals surface area contributed by atoms with Crippen LogP contribution in [0.2, 0.25) is 5.02 Å². The highest BCUT2D eigenvalue weighted by atomic mass is 35.5. The molecule has 140 valence electrons. The molecule has 1 aromatic heterocycles. The highest BCUT2D eigenvalue weighted by Gasteiger charge is 2.18. The molecule has 0 bridgehead atoms. The molecule has 3 rings (SSSR count). The predicted octanol–water partition coefficient (Wildman–Crippen LogP) is 3.54. The number of halogens is 1. The summed E-state index contributed by atoms with van der Waals surface area (Å²) in [5.74, 6) is -0.273. The molecule has 7 nitrogen and oxygen atoms in total. The normalized spacial score (nSPS) is 12.4. The number of anilines is 2. The van der Waals surface area contributed by atoms with Gasteiger partial charge in [0.05, 0.1) is 10.7 Å². The Morgan fingerprint density at radius 3 is 2.56 bits per heavy atom. The maximum absolute atomic E-state index is 12.5. The molecule has 0 unspecified atom stereocenters. The molecule has 9 heteroatoms. The van der Waals surface area contributed by atoms with E-state index in [0.717, 1.165) is 0 Å². The van der Waals surface area contributed by atoms with Crippen LogP contribution in [-0.2, 0) is 14.8 Å². The van der Waals surface area contributed by atoms with Crippen molar-refractivity contribution in [2.75, 3.05) is 10.0 Å². The number of sulfonamides is 1. The van der Waals surface area contributed by atoms with Crippen LogP contribution < -0.4 is 10.0 Å². The molecule has 0 aliphatic rings. The van der Waals surface area contributed by atoms with Gasteiger partial charge in [-0.1, -0.05) is 29.8 Å².